The van der Waals surface area contributed by atoms with Crippen molar-refractivity contribution >= 4 is 17.4 Å². The van der Waals surface area contributed by atoms with Crippen molar-refractivity contribution in [2.75, 3.05) is 31.1 Å². The largest absolute Gasteiger partial charge is 0.368 e. The van der Waals surface area contributed by atoms with Gasteiger partial charge in [0, 0.05) is 62.2 Å². The Bertz CT molecular complexity index is 1340. The first kappa shape index (κ1) is 24.8. The number of hydrogen-bond donors (Lipinski definition) is 0. The minimum atomic E-state index is 0.101. The van der Waals surface area contributed by atoms with E-state index in [-0.39, 0.29) is 17.6 Å². The summed E-state index contributed by atoms with van der Waals surface area (Å²) in [5, 5.41) is 0. The van der Waals surface area contributed by atoms with Gasteiger partial charge in [0.25, 0.3) is 5.91 Å². The second-order valence-corrected chi connectivity index (χ2v) is 12.7. The van der Waals surface area contributed by atoms with Gasteiger partial charge in [-0.3, -0.25) is 14.6 Å². The number of ketones is 1. The van der Waals surface area contributed by atoms with E-state index in [2.05, 4.69) is 28.9 Å². The number of rotatable bonds is 3. The summed E-state index contributed by atoms with van der Waals surface area (Å²) in [5.41, 5.74) is 8.07. The molecular weight excluding hydrogens is 482 g/mol. The maximum Gasteiger partial charge on any atom is 0.253 e. The minimum Gasteiger partial charge on any atom is -0.368 e. The van der Waals surface area contributed by atoms with Crippen LogP contribution in [0.3, 0.4) is 0 Å². The van der Waals surface area contributed by atoms with Crippen LogP contribution in [-0.2, 0) is 4.79 Å². The number of pyridine rings is 1. The second-order valence-electron chi connectivity index (χ2n) is 12.7. The zero-order valence-corrected chi connectivity index (χ0v) is 23.1. The van der Waals surface area contributed by atoms with Gasteiger partial charge in [-0.15, -0.1) is 0 Å². The maximum atomic E-state index is 13.4. The molecule has 1 unspecified atom stereocenters. The molecule has 0 radical (unpaired) electrons. The Hall–Kier alpha value is -3.21. The normalized spacial score (nSPS) is 30.4. The Kier molecular flexibility index (Phi) is 6.21. The van der Waals surface area contributed by atoms with Crippen LogP contribution in [0.25, 0.3) is 0 Å². The summed E-state index contributed by atoms with van der Waals surface area (Å²) in [7, 11) is 0. The van der Waals surface area contributed by atoms with Gasteiger partial charge < -0.3 is 9.80 Å². The van der Waals surface area contributed by atoms with Crippen LogP contribution in [0.15, 0.2) is 71.6 Å². The number of allylic oxidation sites excluding steroid dienone is 4. The van der Waals surface area contributed by atoms with E-state index in [0.717, 1.165) is 36.7 Å². The Morgan fingerprint density at radius 2 is 1.72 bits per heavy atom. The van der Waals surface area contributed by atoms with Crippen LogP contribution in [0.4, 0.5) is 5.69 Å². The highest BCUT2D eigenvalue weighted by Crippen LogP contribution is 2.61. The SMILES string of the molecule is C[C@@]12CCC[C@H]1[C@@H]1CCC3=CC(=O)CC(c4ccc(C(=O)N5CCN(c6ccncc6)CC5)cc4)C3=C1CC2. The number of nitrogens with zero attached hydrogens (tertiary/aromatic N) is 3. The first-order valence-electron chi connectivity index (χ1n) is 15.0. The third-order valence-electron chi connectivity index (χ3n) is 10.7. The Morgan fingerprint density at radius 1 is 0.949 bits per heavy atom. The fraction of sp³-hybridized carbons (Fsp3) is 0.500. The fourth-order valence-electron chi connectivity index (χ4n) is 8.67. The molecule has 5 nitrogen and oxygen atoms in total. The minimum absolute atomic E-state index is 0.101. The van der Waals surface area contributed by atoms with Crippen molar-refractivity contribution in [3.8, 4) is 0 Å². The number of benzene rings is 1. The highest BCUT2D eigenvalue weighted by atomic mass is 16.2. The summed E-state index contributed by atoms with van der Waals surface area (Å²) < 4.78 is 0. The first-order chi connectivity index (χ1) is 19.0. The summed E-state index contributed by atoms with van der Waals surface area (Å²) in [6.07, 6.45) is 15.0. The molecule has 0 bridgehead atoms. The van der Waals surface area contributed by atoms with Gasteiger partial charge in [-0.2, -0.15) is 0 Å². The van der Waals surface area contributed by atoms with Crippen LogP contribution in [0.2, 0.25) is 0 Å². The molecule has 1 aromatic heterocycles. The number of amides is 1. The average Bonchev–Trinajstić information content (AvgIpc) is 3.38. The molecule has 1 saturated heterocycles. The smallest absolute Gasteiger partial charge is 0.253 e. The van der Waals surface area contributed by atoms with E-state index in [1.54, 1.807) is 5.57 Å². The second kappa shape index (κ2) is 9.76. The van der Waals surface area contributed by atoms with Gasteiger partial charge in [0.05, 0.1) is 0 Å². The molecule has 2 heterocycles. The number of aromatic nitrogens is 1. The van der Waals surface area contributed by atoms with E-state index in [9.17, 15) is 9.59 Å². The number of anilines is 1. The van der Waals surface area contributed by atoms with E-state index in [4.69, 9.17) is 0 Å². The van der Waals surface area contributed by atoms with Gasteiger partial charge in [0.15, 0.2) is 5.78 Å². The van der Waals surface area contributed by atoms with Crippen LogP contribution >= 0.6 is 0 Å². The molecule has 5 heteroatoms. The van der Waals surface area contributed by atoms with Crippen molar-refractivity contribution in [1.82, 2.24) is 9.88 Å². The van der Waals surface area contributed by atoms with Crippen LogP contribution in [0, 0.1) is 17.3 Å². The number of carbonyl (C=O) groups excluding carboxylic acids is 2. The molecule has 3 fully saturated rings. The molecule has 4 atom stereocenters. The molecule has 39 heavy (non-hydrogen) atoms. The van der Waals surface area contributed by atoms with Crippen LogP contribution in [0.1, 0.15) is 80.1 Å². The quantitative estimate of drug-likeness (QED) is 0.473. The summed E-state index contributed by atoms with van der Waals surface area (Å²) in [6.45, 7) is 5.61. The summed E-state index contributed by atoms with van der Waals surface area (Å²) in [6, 6.07) is 12.3. The number of fused-ring (bicyclic) bond motifs is 4. The van der Waals surface area contributed by atoms with E-state index in [1.807, 2.05) is 47.6 Å². The zero-order chi connectivity index (χ0) is 26.6. The monoisotopic (exact) mass is 521 g/mol. The third-order valence-corrected chi connectivity index (χ3v) is 10.7. The molecule has 1 aliphatic heterocycles. The number of piperazine rings is 1. The molecule has 0 spiro atoms. The number of hydrogen-bond acceptors (Lipinski definition) is 4. The molecule has 2 aromatic rings. The van der Waals surface area contributed by atoms with Gasteiger partial charge in [0.2, 0.25) is 0 Å². The van der Waals surface area contributed by atoms with Crippen LogP contribution in [-0.4, -0.2) is 47.8 Å². The molecule has 4 aliphatic carbocycles. The highest BCUT2D eigenvalue weighted by molar-refractivity contribution is 5.95. The van der Waals surface area contributed by atoms with Crippen molar-refractivity contribution < 1.29 is 9.59 Å². The summed E-state index contributed by atoms with van der Waals surface area (Å²) in [4.78, 5) is 34.6. The van der Waals surface area contributed by atoms with Crippen LogP contribution < -0.4 is 4.90 Å². The Morgan fingerprint density at radius 3 is 2.49 bits per heavy atom. The van der Waals surface area contributed by atoms with Gasteiger partial charge >= 0.3 is 0 Å². The Labute approximate surface area is 232 Å². The van der Waals surface area contributed by atoms with Crippen molar-refractivity contribution in [1.29, 1.82) is 0 Å². The lowest BCUT2D eigenvalue weighted by Gasteiger charge is -2.48. The third kappa shape index (κ3) is 4.34. The highest BCUT2D eigenvalue weighted by Gasteiger charge is 2.49. The molecule has 1 aromatic carbocycles. The molecule has 2 saturated carbocycles. The van der Waals surface area contributed by atoms with E-state index in [0.29, 0.717) is 30.8 Å². The summed E-state index contributed by atoms with van der Waals surface area (Å²) >= 11 is 0. The average molecular weight is 522 g/mol. The van der Waals surface area contributed by atoms with Gasteiger partial charge in [-0.25, -0.2) is 0 Å². The lowest BCUT2D eigenvalue weighted by molar-refractivity contribution is -0.115. The molecule has 5 aliphatic rings. The summed E-state index contributed by atoms with van der Waals surface area (Å²) in [5.74, 6) is 2.00. The van der Waals surface area contributed by atoms with Crippen LogP contribution in [0.5, 0.6) is 0 Å². The van der Waals surface area contributed by atoms with Crippen molar-refractivity contribution in [2.45, 2.75) is 64.2 Å². The lowest BCUT2D eigenvalue weighted by atomic mass is 9.56. The predicted octanol–water partition coefficient (Wildman–Crippen LogP) is 6.33. The van der Waals surface area contributed by atoms with Crippen molar-refractivity contribution in [3.05, 3.63) is 82.7 Å². The molecule has 202 valence electrons. The van der Waals surface area contributed by atoms with Gasteiger partial charge in [-0.1, -0.05) is 31.1 Å². The zero-order valence-electron chi connectivity index (χ0n) is 23.1. The van der Waals surface area contributed by atoms with E-state index >= 15 is 0 Å². The Balaban J connectivity index is 1.11. The molecule has 0 N–H and O–H groups in total. The van der Waals surface area contributed by atoms with E-state index < -0.39 is 0 Å². The molecule has 1 amide bonds. The molecular formula is C34H39N3O2. The van der Waals surface area contributed by atoms with Gasteiger partial charge in [-0.05, 0) is 103 Å². The maximum absolute atomic E-state index is 13.4. The van der Waals surface area contributed by atoms with Gasteiger partial charge in [0.1, 0.15) is 0 Å². The fourth-order valence-corrected chi connectivity index (χ4v) is 8.67. The molecule has 7 rings (SSSR count). The lowest BCUT2D eigenvalue weighted by Crippen LogP contribution is -2.48. The predicted molar refractivity (Wildman–Crippen MR) is 154 cm³/mol. The van der Waals surface area contributed by atoms with Crippen molar-refractivity contribution in [2.24, 2.45) is 17.3 Å². The number of carbonyl (C=O) groups is 2. The standard InChI is InChI=1S/C34H39N3O2/c1-34-13-2-3-31(34)28-9-8-25-21-27(38)22-30(32(25)29(28)10-14-34)23-4-6-24(7-5-23)33(39)37-19-17-36(18-20-37)26-11-15-35-16-12-26/h4-7,11-12,15-16,21,28,30-31H,2-3,8-10,13-14,17-20,22H2,1H3/t28-,30?,31+,34+/m1/s1. The first-order valence-corrected chi connectivity index (χ1v) is 15.0. The van der Waals surface area contributed by atoms with E-state index in [1.165, 1.54) is 55.2 Å². The topological polar surface area (TPSA) is 53.5 Å². The van der Waals surface area contributed by atoms with Crippen molar-refractivity contribution in [3.63, 3.8) is 0 Å².